The van der Waals surface area contributed by atoms with E-state index in [2.05, 4.69) is 10.6 Å². The molecule has 2 fully saturated rings. The summed E-state index contributed by atoms with van der Waals surface area (Å²) in [5.74, 6) is 0.548. The van der Waals surface area contributed by atoms with Crippen molar-refractivity contribution in [1.29, 1.82) is 0 Å². The number of nitrogens with one attached hydrogen (secondary N) is 2. The molecular formula is C15H18N2O2. The molecule has 0 saturated heterocycles. The molecule has 0 atom stereocenters. The first-order chi connectivity index (χ1) is 9.13. The van der Waals surface area contributed by atoms with Crippen molar-refractivity contribution in [3.8, 4) is 0 Å². The first kappa shape index (κ1) is 12.2. The second-order valence-electron chi connectivity index (χ2n) is 5.56. The second-order valence-corrected chi connectivity index (χ2v) is 5.56. The van der Waals surface area contributed by atoms with Gasteiger partial charge in [0.05, 0.1) is 0 Å². The molecule has 0 bridgehead atoms. The standard InChI is InChI=1S/C15H18N2O2/c1-9-2-7-12(16-14(18)10-3-4-10)8-13(9)17-15(19)11-5-6-11/h2,7-8,10-11H,3-6H2,1H3,(H,16,18)(H,17,19). The monoisotopic (exact) mass is 258 g/mol. The fourth-order valence-electron chi connectivity index (χ4n) is 2.00. The first-order valence-corrected chi connectivity index (χ1v) is 6.86. The lowest BCUT2D eigenvalue weighted by molar-refractivity contribution is -0.118. The zero-order valence-electron chi connectivity index (χ0n) is 11.0. The first-order valence-electron chi connectivity index (χ1n) is 6.86. The summed E-state index contributed by atoms with van der Waals surface area (Å²) >= 11 is 0. The minimum atomic E-state index is 0.0864. The van der Waals surface area contributed by atoms with Gasteiger partial charge in [-0.15, -0.1) is 0 Å². The van der Waals surface area contributed by atoms with Crippen LogP contribution in [0.5, 0.6) is 0 Å². The van der Waals surface area contributed by atoms with Crippen molar-refractivity contribution in [3.05, 3.63) is 23.8 Å². The molecule has 0 spiro atoms. The average molecular weight is 258 g/mol. The van der Waals surface area contributed by atoms with E-state index in [1.54, 1.807) is 0 Å². The molecule has 2 aliphatic rings. The Morgan fingerprint density at radius 2 is 1.58 bits per heavy atom. The summed E-state index contributed by atoms with van der Waals surface area (Å²) in [7, 11) is 0. The molecule has 0 unspecified atom stereocenters. The van der Waals surface area contributed by atoms with Crippen LogP contribution in [-0.2, 0) is 9.59 Å². The average Bonchev–Trinajstić information content (AvgIpc) is 3.26. The van der Waals surface area contributed by atoms with Gasteiger partial charge in [0.15, 0.2) is 0 Å². The molecule has 19 heavy (non-hydrogen) atoms. The molecule has 2 saturated carbocycles. The van der Waals surface area contributed by atoms with E-state index in [0.29, 0.717) is 0 Å². The molecule has 2 N–H and O–H groups in total. The fraction of sp³-hybridized carbons (Fsp3) is 0.467. The van der Waals surface area contributed by atoms with Gasteiger partial charge in [0.1, 0.15) is 0 Å². The number of aryl methyl sites for hydroxylation is 1. The van der Waals surface area contributed by atoms with Gasteiger partial charge >= 0.3 is 0 Å². The Morgan fingerprint density at radius 3 is 2.16 bits per heavy atom. The molecule has 1 aromatic rings. The van der Waals surface area contributed by atoms with Crippen LogP contribution in [0.15, 0.2) is 18.2 Å². The molecular weight excluding hydrogens is 240 g/mol. The minimum absolute atomic E-state index is 0.0864. The van der Waals surface area contributed by atoms with Gasteiger partial charge in [0.2, 0.25) is 11.8 Å². The molecule has 1 aromatic carbocycles. The van der Waals surface area contributed by atoms with Gasteiger partial charge in [-0.3, -0.25) is 9.59 Å². The van der Waals surface area contributed by atoms with Gasteiger partial charge in [0, 0.05) is 23.2 Å². The summed E-state index contributed by atoms with van der Waals surface area (Å²) < 4.78 is 0. The number of hydrogen-bond acceptors (Lipinski definition) is 2. The lowest BCUT2D eigenvalue weighted by Gasteiger charge is -2.11. The number of amides is 2. The summed E-state index contributed by atoms with van der Waals surface area (Å²) in [4.78, 5) is 23.5. The van der Waals surface area contributed by atoms with E-state index in [-0.39, 0.29) is 23.7 Å². The van der Waals surface area contributed by atoms with Gasteiger partial charge < -0.3 is 10.6 Å². The molecule has 3 rings (SSSR count). The Hall–Kier alpha value is -1.84. The van der Waals surface area contributed by atoms with Crippen LogP contribution in [-0.4, -0.2) is 11.8 Å². The summed E-state index contributed by atoms with van der Waals surface area (Å²) in [6.45, 7) is 1.95. The second kappa shape index (κ2) is 4.68. The third-order valence-corrected chi connectivity index (χ3v) is 3.66. The van der Waals surface area contributed by atoms with Crippen LogP contribution < -0.4 is 10.6 Å². The maximum absolute atomic E-state index is 11.8. The number of carbonyl (C=O) groups is 2. The van der Waals surface area contributed by atoms with Crippen LogP contribution in [0.3, 0.4) is 0 Å². The van der Waals surface area contributed by atoms with Crippen LogP contribution in [0.25, 0.3) is 0 Å². The molecule has 0 aromatic heterocycles. The molecule has 0 heterocycles. The zero-order chi connectivity index (χ0) is 13.4. The SMILES string of the molecule is Cc1ccc(NC(=O)C2CC2)cc1NC(=O)C1CC1. The maximum atomic E-state index is 11.8. The van der Waals surface area contributed by atoms with E-state index >= 15 is 0 Å². The molecule has 4 heteroatoms. The van der Waals surface area contributed by atoms with Crippen LogP contribution >= 0.6 is 0 Å². The van der Waals surface area contributed by atoms with Crippen molar-refractivity contribution in [2.75, 3.05) is 10.6 Å². The van der Waals surface area contributed by atoms with Gasteiger partial charge in [-0.25, -0.2) is 0 Å². The predicted octanol–water partition coefficient (Wildman–Crippen LogP) is 2.69. The Kier molecular flexibility index (Phi) is 3.01. The molecule has 0 aliphatic heterocycles. The van der Waals surface area contributed by atoms with Crippen molar-refractivity contribution in [2.24, 2.45) is 11.8 Å². The van der Waals surface area contributed by atoms with Crippen LogP contribution in [0.4, 0.5) is 11.4 Å². The quantitative estimate of drug-likeness (QED) is 0.872. The Balaban J connectivity index is 1.70. The Bertz CT molecular complexity index is 531. The normalized spacial score (nSPS) is 17.9. The summed E-state index contributed by atoms with van der Waals surface area (Å²) in [6.07, 6.45) is 3.96. The highest BCUT2D eigenvalue weighted by Gasteiger charge is 2.30. The largest absolute Gasteiger partial charge is 0.326 e. The molecule has 4 nitrogen and oxygen atoms in total. The van der Waals surface area contributed by atoms with E-state index in [4.69, 9.17) is 0 Å². The number of hydrogen-bond donors (Lipinski definition) is 2. The Morgan fingerprint density at radius 1 is 1.00 bits per heavy atom. The topological polar surface area (TPSA) is 58.2 Å². The van der Waals surface area contributed by atoms with E-state index in [1.807, 2.05) is 25.1 Å². The van der Waals surface area contributed by atoms with Crippen LogP contribution in [0.2, 0.25) is 0 Å². The van der Waals surface area contributed by atoms with E-state index in [1.165, 1.54) is 0 Å². The number of anilines is 2. The highest BCUT2D eigenvalue weighted by atomic mass is 16.2. The van der Waals surface area contributed by atoms with Gasteiger partial charge in [0.25, 0.3) is 0 Å². The molecule has 2 amide bonds. The summed E-state index contributed by atoms with van der Waals surface area (Å²) in [5.41, 5.74) is 2.57. The lowest BCUT2D eigenvalue weighted by Crippen LogP contribution is -2.16. The molecule has 0 radical (unpaired) electrons. The van der Waals surface area contributed by atoms with E-state index in [0.717, 1.165) is 42.6 Å². The van der Waals surface area contributed by atoms with Crippen LogP contribution in [0, 0.1) is 18.8 Å². The summed E-state index contributed by atoms with van der Waals surface area (Å²) in [6, 6.07) is 5.64. The third-order valence-electron chi connectivity index (χ3n) is 3.66. The number of benzene rings is 1. The van der Waals surface area contributed by atoms with Crippen molar-refractivity contribution in [3.63, 3.8) is 0 Å². The lowest BCUT2D eigenvalue weighted by atomic mass is 10.1. The van der Waals surface area contributed by atoms with Crippen molar-refractivity contribution >= 4 is 23.2 Å². The predicted molar refractivity (Wildman–Crippen MR) is 73.9 cm³/mol. The highest BCUT2D eigenvalue weighted by molar-refractivity contribution is 5.97. The van der Waals surface area contributed by atoms with E-state index in [9.17, 15) is 9.59 Å². The van der Waals surface area contributed by atoms with E-state index < -0.39 is 0 Å². The zero-order valence-corrected chi connectivity index (χ0v) is 11.0. The number of carbonyl (C=O) groups excluding carboxylic acids is 2. The van der Waals surface area contributed by atoms with Crippen molar-refractivity contribution in [1.82, 2.24) is 0 Å². The van der Waals surface area contributed by atoms with Gasteiger partial charge in [-0.2, -0.15) is 0 Å². The van der Waals surface area contributed by atoms with Crippen molar-refractivity contribution < 1.29 is 9.59 Å². The number of rotatable bonds is 4. The Labute approximate surface area is 112 Å². The van der Waals surface area contributed by atoms with Gasteiger partial charge in [-0.05, 0) is 50.3 Å². The molecule has 100 valence electrons. The molecule has 2 aliphatic carbocycles. The van der Waals surface area contributed by atoms with Crippen LogP contribution in [0.1, 0.15) is 31.2 Å². The fourth-order valence-corrected chi connectivity index (χ4v) is 2.00. The smallest absolute Gasteiger partial charge is 0.227 e. The van der Waals surface area contributed by atoms with Crippen molar-refractivity contribution in [2.45, 2.75) is 32.6 Å². The summed E-state index contributed by atoms with van der Waals surface area (Å²) in [5, 5.41) is 5.84. The maximum Gasteiger partial charge on any atom is 0.227 e. The highest BCUT2D eigenvalue weighted by Crippen LogP contribution is 2.32. The third kappa shape index (κ3) is 2.95. The van der Waals surface area contributed by atoms with Gasteiger partial charge in [-0.1, -0.05) is 6.07 Å². The minimum Gasteiger partial charge on any atom is -0.326 e.